The van der Waals surface area contributed by atoms with E-state index in [9.17, 15) is 14.4 Å². The number of nitrogens with zero attached hydrogens (tertiary/aromatic N) is 1. The van der Waals surface area contributed by atoms with Crippen molar-refractivity contribution in [3.63, 3.8) is 0 Å². The number of anilines is 1. The molecule has 3 aromatic rings. The van der Waals surface area contributed by atoms with Crippen LogP contribution in [0.4, 0.5) is 10.5 Å². The third kappa shape index (κ3) is 6.78. The Hall–Kier alpha value is -3.27. The van der Waals surface area contributed by atoms with Gasteiger partial charge >= 0.3 is 0 Å². The molecule has 0 radical (unpaired) electrons. The van der Waals surface area contributed by atoms with Gasteiger partial charge < -0.3 is 14.8 Å². The van der Waals surface area contributed by atoms with E-state index in [1.807, 2.05) is 44.2 Å². The van der Waals surface area contributed by atoms with E-state index in [4.69, 9.17) is 21.1 Å². The Morgan fingerprint density at radius 3 is 2.42 bits per heavy atom. The fraction of sp³-hybridized carbons (Fsp3) is 0.179. The molecule has 0 bridgehead atoms. The minimum Gasteiger partial charge on any atom is -0.493 e. The molecular weight excluding hydrogens is 592 g/mol. The maximum Gasteiger partial charge on any atom is 0.294 e. The van der Waals surface area contributed by atoms with Gasteiger partial charge in [-0.15, -0.1) is 0 Å². The molecule has 1 aliphatic heterocycles. The molecule has 196 valence electrons. The smallest absolute Gasteiger partial charge is 0.294 e. The van der Waals surface area contributed by atoms with Crippen molar-refractivity contribution in [1.29, 1.82) is 0 Å². The number of aryl methyl sites for hydroxylation is 2. The first-order valence-corrected chi connectivity index (χ1v) is 13.5. The topological polar surface area (TPSA) is 84.9 Å². The Bertz CT molecular complexity index is 1420. The zero-order valence-electron chi connectivity index (χ0n) is 20.8. The molecular formula is C28H24BrClN2O5S. The lowest BCUT2D eigenvalue weighted by molar-refractivity contribution is -0.127. The average molecular weight is 616 g/mol. The molecule has 1 N–H and O–H groups in total. The first-order chi connectivity index (χ1) is 18.1. The minimum atomic E-state index is -0.534. The van der Waals surface area contributed by atoms with Gasteiger partial charge in [0.05, 0.1) is 16.5 Å². The molecule has 0 aromatic heterocycles. The second-order valence-electron chi connectivity index (χ2n) is 8.64. The maximum absolute atomic E-state index is 13.0. The number of imide groups is 1. The summed E-state index contributed by atoms with van der Waals surface area (Å²) in [6, 6.07) is 16.4. The SMILES string of the molecule is COc1cc(/C=C2/SC(=O)N(CC(=O)Nc3cc(C)cc(C)c3)C2=O)cc(Br)c1OCc1ccc(Cl)cc1. The number of hydrogen-bond acceptors (Lipinski definition) is 6. The van der Waals surface area contributed by atoms with Gasteiger partial charge in [0.2, 0.25) is 5.91 Å². The Morgan fingerprint density at radius 2 is 1.76 bits per heavy atom. The summed E-state index contributed by atoms with van der Waals surface area (Å²) >= 11 is 10.2. The van der Waals surface area contributed by atoms with Gasteiger partial charge in [-0.3, -0.25) is 19.3 Å². The van der Waals surface area contributed by atoms with Gasteiger partial charge in [-0.1, -0.05) is 29.8 Å². The summed E-state index contributed by atoms with van der Waals surface area (Å²) in [6.07, 6.45) is 1.59. The van der Waals surface area contributed by atoms with Crippen molar-refractivity contribution in [2.45, 2.75) is 20.5 Å². The van der Waals surface area contributed by atoms with E-state index in [-0.39, 0.29) is 11.4 Å². The number of methoxy groups -OCH3 is 1. The Labute approximate surface area is 238 Å². The van der Waals surface area contributed by atoms with E-state index in [0.717, 1.165) is 33.4 Å². The Morgan fingerprint density at radius 1 is 1.08 bits per heavy atom. The van der Waals surface area contributed by atoms with E-state index >= 15 is 0 Å². The third-order valence-corrected chi connectivity index (χ3v) is 7.28. The summed E-state index contributed by atoms with van der Waals surface area (Å²) in [5.74, 6) is -0.0405. The molecule has 0 saturated carbocycles. The summed E-state index contributed by atoms with van der Waals surface area (Å²) in [4.78, 5) is 39.2. The van der Waals surface area contributed by atoms with Crippen LogP contribution in [0.15, 0.2) is 64.0 Å². The number of halogens is 2. The molecule has 38 heavy (non-hydrogen) atoms. The fourth-order valence-corrected chi connectivity index (χ4v) is 5.42. The fourth-order valence-electron chi connectivity index (χ4n) is 3.88. The molecule has 1 saturated heterocycles. The normalized spacial score (nSPS) is 14.2. The van der Waals surface area contributed by atoms with Gasteiger partial charge in [0.15, 0.2) is 11.5 Å². The van der Waals surface area contributed by atoms with Crippen LogP contribution in [0.3, 0.4) is 0 Å². The quantitative estimate of drug-likeness (QED) is 0.275. The molecule has 1 aliphatic rings. The van der Waals surface area contributed by atoms with Crippen molar-refractivity contribution >= 4 is 68.1 Å². The van der Waals surface area contributed by atoms with Gasteiger partial charge in [-0.25, -0.2) is 0 Å². The van der Waals surface area contributed by atoms with Crippen LogP contribution >= 0.6 is 39.3 Å². The van der Waals surface area contributed by atoms with Crippen molar-refractivity contribution < 1.29 is 23.9 Å². The van der Waals surface area contributed by atoms with Gasteiger partial charge in [0.1, 0.15) is 13.2 Å². The molecule has 3 aromatic carbocycles. The number of carbonyl (C=O) groups excluding carboxylic acids is 3. The summed E-state index contributed by atoms with van der Waals surface area (Å²) in [5, 5.41) is 2.89. The van der Waals surface area contributed by atoms with E-state index in [1.165, 1.54) is 7.11 Å². The lowest BCUT2D eigenvalue weighted by Crippen LogP contribution is -2.36. The third-order valence-electron chi connectivity index (χ3n) is 5.53. The number of nitrogens with one attached hydrogen (secondary N) is 1. The molecule has 10 heteroatoms. The van der Waals surface area contributed by atoms with Crippen molar-refractivity contribution in [2.75, 3.05) is 19.0 Å². The number of thioether (sulfide) groups is 1. The van der Waals surface area contributed by atoms with Crippen LogP contribution in [-0.2, 0) is 16.2 Å². The van der Waals surface area contributed by atoms with Crippen molar-refractivity contribution in [2.24, 2.45) is 0 Å². The maximum atomic E-state index is 13.0. The van der Waals surface area contributed by atoms with Crippen LogP contribution in [0.1, 0.15) is 22.3 Å². The predicted molar refractivity (Wildman–Crippen MR) is 154 cm³/mol. The first kappa shape index (κ1) is 27.8. The summed E-state index contributed by atoms with van der Waals surface area (Å²) in [6.45, 7) is 3.78. The zero-order chi connectivity index (χ0) is 27.4. The molecule has 1 heterocycles. The number of rotatable bonds is 8. The molecule has 1 fully saturated rings. The van der Waals surface area contributed by atoms with E-state index in [1.54, 1.807) is 30.3 Å². The second kappa shape index (κ2) is 12.1. The first-order valence-electron chi connectivity index (χ1n) is 11.5. The highest BCUT2D eigenvalue weighted by molar-refractivity contribution is 9.10. The highest BCUT2D eigenvalue weighted by atomic mass is 79.9. The summed E-state index contributed by atoms with van der Waals surface area (Å²) in [5.41, 5.74) is 4.17. The Balaban J connectivity index is 1.46. The van der Waals surface area contributed by atoms with Gasteiger partial charge in [-0.2, -0.15) is 0 Å². The largest absolute Gasteiger partial charge is 0.493 e. The predicted octanol–water partition coefficient (Wildman–Crippen LogP) is 6.98. The van der Waals surface area contributed by atoms with Crippen molar-refractivity contribution in [3.05, 3.63) is 91.3 Å². The number of benzene rings is 3. The number of carbonyl (C=O) groups is 3. The summed E-state index contributed by atoms with van der Waals surface area (Å²) in [7, 11) is 1.52. The van der Waals surface area contributed by atoms with Crippen LogP contribution in [-0.4, -0.2) is 35.6 Å². The van der Waals surface area contributed by atoms with Crippen LogP contribution in [0.25, 0.3) is 6.08 Å². The van der Waals surface area contributed by atoms with Crippen molar-refractivity contribution in [1.82, 2.24) is 4.90 Å². The van der Waals surface area contributed by atoms with Crippen LogP contribution in [0.2, 0.25) is 5.02 Å². The minimum absolute atomic E-state index is 0.206. The van der Waals surface area contributed by atoms with Gasteiger partial charge in [-0.05, 0) is 106 Å². The lowest BCUT2D eigenvalue weighted by Gasteiger charge is -2.14. The molecule has 0 spiro atoms. The average Bonchev–Trinajstić information content (AvgIpc) is 3.10. The molecule has 0 aliphatic carbocycles. The van der Waals surface area contributed by atoms with Gasteiger partial charge in [0, 0.05) is 10.7 Å². The molecule has 3 amide bonds. The zero-order valence-corrected chi connectivity index (χ0v) is 24.0. The van der Waals surface area contributed by atoms with Gasteiger partial charge in [0.25, 0.3) is 11.1 Å². The monoisotopic (exact) mass is 614 g/mol. The standard InChI is InChI=1S/C28H24BrClN2O5S/c1-16-8-17(2)10-21(9-16)31-25(33)14-32-27(34)24(38-28(32)35)13-19-11-22(29)26(23(12-19)36-3)37-15-18-4-6-20(30)7-5-18/h4-13H,14-15H2,1-3H3,(H,31,33)/b24-13+. The molecule has 0 unspecified atom stereocenters. The number of ether oxygens (including phenoxy) is 2. The van der Waals surface area contributed by atoms with E-state index in [0.29, 0.717) is 38.9 Å². The van der Waals surface area contributed by atoms with Crippen LogP contribution in [0.5, 0.6) is 11.5 Å². The number of hydrogen-bond donors (Lipinski definition) is 1. The van der Waals surface area contributed by atoms with Crippen LogP contribution in [0, 0.1) is 13.8 Å². The highest BCUT2D eigenvalue weighted by Gasteiger charge is 2.36. The molecule has 7 nitrogen and oxygen atoms in total. The number of amides is 3. The molecule has 4 rings (SSSR count). The molecule has 0 atom stereocenters. The van der Waals surface area contributed by atoms with E-state index in [2.05, 4.69) is 21.2 Å². The summed E-state index contributed by atoms with van der Waals surface area (Å²) < 4.78 is 12.1. The Kier molecular flexibility index (Phi) is 8.81. The van der Waals surface area contributed by atoms with E-state index < -0.39 is 17.1 Å². The highest BCUT2D eigenvalue weighted by Crippen LogP contribution is 2.39. The lowest BCUT2D eigenvalue weighted by atomic mass is 10.1. The van der Waals surface area contributed by atoms with Crippen molar-refractivity contribution in [3.8, 4) is 11.5 Å². The second-order valence-corrected chi connectivity index (χ2v) is 10.9. The van der Waals surface area contributed by atoms with Crippen LogP contribution < -0.4 is 14.8 Å².